The van der Waals surface area contributed by atoms with Crippen molar-refractivity contribution in [2.75, 3.05) is 11.5 Å². The van der Waals surface area contributed by atoms with Crippen molar-refractivity contribution < 1.29 is 19.1 Å². The Bertz CT molecular complexity index is 1050. The van der Waals surface area contributed by atoms with Crippen LogP contribution in [0.4, 0.5) is 0 Å². The monoisotopic (exact) mass is 498 g/mol. The highest BCUT2D eigenvalue weighted by Crippen LogP contribution is 2.16. The van der Waals surface area contributed by atoms with Crippen LogP contribution in [0.5, 0.6) is 0 Å². The third kappa shape index (κ3) is 8.75. The van der Waals surface area contributed by atoms with Crippen LogP contribution in [-0.4, -0.2) is 43.4 Å². The summed E-state index contributed by atoms with van der Waals surface area (Å²) in [4.78, 5) is 41.4. The predicted molar refractivity (Wildman–Crippen MR) is 130 cm³/mol. The first-order valence-corrected chi connectivity index (χ1v) is 12.5. The van der Waals surface area contributed by atoms with Crippen molar-refractivity contribution in [3.63, 3.8) is 0 Å². The summed E-state index contributed by atoms with van der Waals surface area (Å²) in [6, 6.07) is 11.2. The molecule has 0 saturated heterocycles. The number of aromatic nitrogens is 4. The van der Waals surface area contributed by atoms with Gasteiger partial charge in [0.05, 0.1) is 11.5 Å². The van der Waals surface area contributed by atoms with E-state index >= 15 is 0 Å². The zero-order valence-corrected chi connectivity index (χ0v) is 21.2. The van der Waals surface area contributed by atoms with Crippen LogP contribution in [0.25, 0.3) is 0 Å². The molecule has 0 fully saturated rings. The van der Waals surface area contributed by atoms with E-state index in [1.165, 1.54) is 23.5 Å². The summed E-state index contributed by atoms with van der Waals surface area (Å²) in [5.74, 6) is -0.449. The second kappa shape index (κ2) is 12.5. The van der Waals surface area contributed by atoms with E-state index in [-0.39, 0.29) is 36.7 Å². The average molecular weight is 499 g/mol. The van der Waals surface area contributed by atoms with E-state index in [4.69, 9.17) is 9.47 Å². The van der Waals surface area contributed by atoms with E-state index in [1.807, 2.05) is 64.1 Å². The molecule has 10 heteroatoms. The lowest BCUT2D eigenvalue weighted by molar-refractivity contribution is -0.142. The van der Waals surface area contributed by atoms with Crippen molar-refractivity contribution in [3.8, 4) is 0 Å². The van der Waals surface area contributed by atoms with Crippen LogP contribution in [0.15, 0.2) is 46.7 Å². The van der Waals surface area contributed by atoms with Crippen molar-refractivity contribution >= 4 is 35.5 Å². The minimum atomic E-state index is -0.352. The van der Waals surface area contributed by atoms with Crippen LogP contribution in [0.3, 0.4) is 0 Å². The largest absolute Gasteiger partial charge is 0.460 e. The van der Waals surface area contributed by atoms with Gasteiger partial charge in [0, 0.05) is 22.8 Å². The molecule has 0 amide bonds. The molecule has 0 atom stereocenters. The number of hydrogen-bond acceptors (Lipinski definition) is 10. The van der Waals surface area contributed by atoms with E-state index in [9.17, 15) is 9.59 Å². The fourth-order valence-electron chi connectivity index (χ4n) is 2.98. The highest BCUT2D eigenvalue weighted by atomic mass is 32.2. The van der Waals surface area contributed by atoms with Gasteiger partial charge in [-0.3, -0.25) is 9.59 Å². The van der Waals surface area contributed by atoms with Crippen LogP contribution in [0, 0.1) is 27.7 Å². The van der Waals surface area contributed by atoms with E-state index in [0.29, 0.717) is 10.3 Å². The van der Waals surface area contributed by atoms with Gasteiger partial charge in [-0.1, -0.05) is 41.7 Å². The zero-order valence-electron chi connectivity index (χ0n) is 19.5. The number of ether oxygens (including phenoxy) is 2. The Kier molecular flexibility index (Phi) is 9.41. The molecule has 2 aromatic heterocycles. The Morgan fingerprint density at radius 3 is 1.44 bits per heavy atom. The van der Waals surface area contributed by atoms with Gasteiger partial charge in [0.15, 0.2) is 10.3 Å². The molecule has 1 aromatic carbocycles. The molecule has 0 aliphatic heterocycles. The van der Waals surface area contributed by atoms with Crippen molar-refractivity contribution in [2.24, 2.45) is 0 Å². The van der Waals surface area contributed by atoms with Gasteiger partial charge in [0.1, 0.15) is 13.2 Å². The SMILES string of the molecule is Cc1cc(C)nc(SCC(=O)OCc2cccc(COC(=O)CSc3nc(C)cc(C)n3)c2)n1. The van der Waals surface area contributed by atoms with Crippen LogP contribution >= 0.6 is 23.5 Å². The highest BCUT2D eigenvalue weighted by Gasteiger charge is 2.10. The van der Waals surface area contributed by atoms with E-state index < -0.39 is 0 Å². The smallest absolute Gasteiger partial charge is 0.316 e. The zero-order chi connectivity index (χ0) is 24.5. The minimum Gasteiger partial charge on any atom is -0.460 e. The molecule has 3 aromatic rings. The average Bonchev–Trinajstić information content (AvgIpc) is 2.78. The fourth-order valence-corrected chi connectivity index (χ4v) is 4.48. The number of rotatable bonds is 10. The summed E-state index contributed by atoms with van der Waals surface area (Å²) in [6.45, 7) is 7.82. The Morgan fingerprint density at radius 2 is 1.06 bits per heavy atom. The van der Waals surface area contributed by atoms with Crippen LogP contribution in [-0.2, 0) is 32.3 Å². The number of benzene rings is 1. The van der Waals surface area contributed by atoms with Crippen molar-refractivity contribution in [1.29, 1.82) is 0 Å². The van der Waals surface area contributed by atoms with Gasteiger partial charge in [-0.15, -0.1) is 0 Å². The number of carbonyl (C=O) groups excluding carboxylic acids is 2. The van der Waals surface area contributed by atoms with Gasteiger partial charge in [0.2, 0.25) is 0 Å². The molecule has 0 aliphatic rings. The Hall–Kier alpha value is -2.98. The van der Waals surface area contributed by atoms with Gasteiger partial charge >= 0.3 is 11.9 Å². The van der Waals surface area contributed by atoms with E-state index in [0.717, 1.165) is 33.9 Å². The molecule has 0 N–H and O–H groups in total. The summed E-state index contributed by atoms with van der Waals surface area (Å²) < 4.78 is 10.7. The fraction of sp³-hybridized carbons (Fsp3) is 0.333. The summed E-state index contributed by atoms with van der Waals surface area (Å²) in [5.41, 5.74) is 5.06. The third-order valence-corrected chi connectivity index (χ3v) is 5.99. The Morgan fingerprint density at radius 1 is 0.676 bits per heavy atom. The van der Waals surface area contributed by atoms with Gasteiger partial charge in [-0.05, 0) is 57.0 Å². The molecule has 0 radical (unpaired) electrons. The number of hydrogen-bond donors (Lipinski definition) is 0. The maximum absolute atomic E-state index is 12.1. The normalized spacial score (nSPS) is 10.7. The van der Waals surface area contributed by atoms with Gasteiger partial charge in [-0.2, -0.15) is 0 Å². The standard InChI is InChI=1S/C24H26N4O4S2/c1-15-8-16(2)26-23(25-15)33-13-21(29)31-11-19-6-5-7-20(10-19)12-32-22(30)14-34-24-27-17(3)9-18(4)28-24/h5-10H,11-14H2,1-4H3. The first kappa shape index (κ1) is 25.6. The number of aryl methyl sites for hydroxylation is 4. The molecule has 0 unspecified atom stereocenters. The number of nitrogens with zero attached hydrogens (tertiary/aromatic N) is 4. The highest BCUT2D eigenvalue weighted by molar-refractivity contribution is 8.00. The summed E-state index contributed by atoms with van der Waals surface area (Å²) in [7, 11) is 0. The molecule has 8 nitrogen and oxygen atoms in total. The Labute approximate surface area is 207 Å². The van der Waals surface area contributed by atoms with Gasteiger partial charge in [-0.25, -0.2) is 19.9 Å². The van der Waals surface area contributed by atoms with Crippen LogP contribution in [0.2, 0.25) is 0 Å². The van der Waals surface area contributed by atoms with Gasteiger partial charge < -0.3 is 9.47 Å². The van der Waals surface area contributed by atoms with Crippen LogP contribution < -0.4 is 0 Å². The lowest BCUT2D eigenvalue weighted by Gasteiger charge is -2.08. The first-order chi connectivity index (χ1) is 16.3. The van der Waals surface area contributed by atoms with Crippen LogP contribution in [0.1, 0.15) is 33.9 Å². The number of carbonyl (C=O) groups is 2. The Balaban J connectivity index is 1.41. The summed E-state index contributed by atoms with van der Waals surface area (Å²) in [6.07, 6.45) is 0. The number of thioether (sulfide) groups is 2. The topological polar surface area (TPSA) is 104 Å². The molecule has 2 heterocycles. The van der Waals surface area contributed by atoms with Crippen molar-refractivity contribution in [3.05, 3.63) is 70.3 Å². The molecule has 34 heavy (non-hydrogen) atoms. The third-order valence-electron chi connectivity index (χ3n) is 4.35. The molecule has 3 rings (SSSR count). The number of esters is 2. The first-order valence-electron chi connectivity index (χ1n) is 10.6. The van der Waals surface area contributed by atoms with E-state index in [2.05, 4.69) is 19.9 Å². The lowest BCUT2D eigenvalue weighted by Crippen LogP contribution is -2.09. The molecule has 0 aliphatic carbocycles. The van der Waals surface area contributed by atoms with Gasteiger partial charge in [0.25, 0.3) is 0 Å². The minimum absolute atomic E-state index is 0.127. The molecule has 178 valence electrons. The van der Waals surface area contributed by atoms with E-state index in [1.54, 1.807) is 0 Å². The maximum atomic E-state index is 12.1. The van der Waals surface area contributed by atoms with Crippen molar-refractivity contribution in [2.45, 2.75) is 51.2 Å². The molecule has 0 bridgehead atoms. The molecule has 0 saturated carbocycles. The quantitative estimate of drug-likeness (QED) is 0.230. The molecular weight excluding hydrogens is 472 g/mol. The second-order valence-corrected chi connectivity index (χ2v) is 9.47. The predicted octanol–water partition coefficient (Wildman–Crippen LogP) is 4.17. The maximum Gasteiger partial charge on any atom is 0.316 e. The summed E-state index contributed by atoms with van der Waals surface area (Å²) >= 11 is 2.49. The lowest BCUT2D eigenvalue weighted by atomic mass is 10.1. The molecule has 0 spiro atoms. The molecular formula is C24H26N4O4S2. The summed E-state index contributed by atoms with van der Waals surface area (Å²) in [5, 5.41) is 1.11. The second-order valence-electron chi connectivity index (χ2n) is 7.59. The van der Waals surface area contributed by atoms with Crippen molar-refractivity contribution in [1.82, 2.24) is 19.9 Å².